The molecule has 7 nitrogen and oxygen atoms in total. The van der Waals surface area contributed by atoms with Crippen molar-refractivity contribution < 1.29 is 5.11 Å². The Morgan fingerprint density at radius 2 is 2.17 bits per heavy atom. The van der Waals surface area contributed by atoms with E-state index in [2.05, 4.69) is 24.8 Å². The van der Waals surface area contributed by atoms with Gasteiger partial charge in [-0.15, -0.1) is 11.3 Å². The van der Waals surface area contributed by atoms with Gasteiger partial charge < -0.3 is 20.7 Å². The molecule has 0 spiro atoms. The van der Waals surface area contributed by atoms with Crippen LogP contribution in [-0.4, -0.2) is 38.1 Å². The molecule has 4 rings (SSSR count). The van der Waals surface area contributed by atoms with Gasteiger partial charge in [0.25, 0.3) is 0 Å². The van der Waals surface area contributed by atoms with Crippen LogP contribution in [0.25, 0.3) is 11.2 Å². The molecule has 23 heavy (non-hydrogen) atoms. The molecule has 1 aliphatic rings. The van der Waals surface area contributed by atoms with Crippen molar-refractivity contribution in [1.82, 2.24) is 19.9 Å². The van der Waals surface area contributed by atoms with Crippen molar-refractivity contribution in [3.8, 4) is 0 Å². The Morgan fingerprint density at radius 3 is 2.91 bits per heavy atom. The number of aliphatic hydroxyl groups is 1. The minimum atomic E-state index is -0.375. The molecule has 0 bridgehead atoms. The number of nitrogens with zero attached hydrogens (tertiary/aromatic N) is 4. The molecule has 8 heteroatoms. The maximum atomic E-state index is 10.5. The lowest BCUT2D eigenvalue weighted by molar-refractivity contribution is 0.0961. The second-order valence-electron chi connectivity index (χ2n) is 5.79. The molecule has 3 aromatic rings. The first kappa shape index (κ1) is 14.4. The number of thiophene rings is 1. The first-order chi connectivity index (χ1) is 11.2. The minimum Gasteiger partial charge on any atom is -0.387 e. The summed E-state index contributed by atoms with van der Waals surface area (Å²) in [6, 6.07) is 3.98. The third-order valence-corrected chi connectivity index (χ3v) is 5.35. The van der Waals surface area contributed by atoms with Gasteiger partial charge >= 0.3 is 0 Å². The number of fused-ring (bicyclic) bond motifs is 1. The minimum absolute atomic E-state index is 0.236. The molecule has 3 aromatic heterocycles. The number of imidazole rings is 1. The van der Waals surface area contributed by atoms with Crippen LogP contribution >= 0.6 is 11.3 Å². The third kappa shape index (κ3) is 2.64. The Bertz CT molecular complexity index is 794. The number of nitrogen functional groups attached to an aromatic ring is 1. The second-order valence-corrected chi connectivity index (χ2v) is 6.77. The molecule has 1 saturated heterocycles. The summed E-state index contributed by atoms with van der Waals surface area (Å²) in [5.41, 5.74) is 7.20. The lowest BCUT2D eigenvalue weighted by atomic mass is 9.90. The van der Waals surface area contributed by atoms with Crippen molar-refractivity contribution >= 4 is 34.3 Å². The standard InChI is InChI=1S/C15H18N6OS/c16-15-19-13-11(17-8-18-13)14(20-15)21-5-3-9(4-6-21)12(22)10-2-1-7-23-10/h1-2,7-9,12,22H,3-6H2,(H3,16,17,18,19,20). The van der Waals surface area contributed by atoms with Gasteiger partial charge in [-0.05, 0) is 30.2 Å². The van der Waals surface area contributed by atoms with Gasteiger partial charge in [0.1, 0.15) is 5.52 Å². The first-order valence-corrected chi connectivity index (χ1v) is 8.53. The summed E-state index contributed by atoms with van der Waals surface area (Å²) in [6.07, 6.45) is 3.06. The van der Waals surface area contributed by atoms with E-state index in [0.29, 0.717) is 5.65 Å². The van der Waals surface area contributed by atoms with E-state index in [1.807, 2.05) is 17.5 Å². The summed E-state index contributed by atoms with van der Waals surface area (Å²) in [5.74, 6) is 1.32. The fourth-order valence-corrected chi connectivity index (χ4v) is 3.99. The van der Waals surface area contributed by atoms with Crippen LogP contribution in [0.3, 0.4) is 0 Å². The Balaban J connectivity index is 1.52. The van der Waals surface area contributed by atoms with Crippen molar-refractivity contribution in [2.45, 2.75) is 18.9 Å². The zero-order chi connectivity index (χ0) is 15.8. The summed E-state index contributed by atoms with van der Waals surface area (Å²) in [6.45, 7) is 1.66. The molecule has 0 amide bonds. The average molecular weight is 330 g/mol. The Labute approximate surface area is 137 Å². The van der Waals surface area contributed by atoms with E-state index in [1.54, 1.807) is 17.7 Å². The SMILES string of the molecule is Nc1nc(N2CCC(C(O)c3cccs3)CC2)c2[nH]cnc2n1. The summed E-state index contributed by atoms with van der Waals surface area (Å²) >= 11 is 1.61. The maximum Gasteiger partial charge on any atom is 0.224 e. The van der Waals surface area contributed by atoms with E-state index >= 15 is 0 Å². The van der Waals surface area contributed by atoms with Crippen molar-refractivity contribution in [3.05, 3.63) is 28.7 Å². The number of aromatic amines is 1. The Morgan fingerprint density at radius 1 is 1.35 bits per heavy atom. The molecule has 1 unspecified atom stereocenters. The Kier molecular flexibility index (Phi) is 3.62. The molecular formula is C15H18N6OS. The smallest absolute Gasteiger partial charge is 0.224 e. The van der Waals surface area contributed by atoms with E-state index in [9.17, 15) is 5.11 Å². The third-order valence-electron chi connectivity index (χ3n) is 4.40. The van der Waals surface area contributed by atoms with E-state index in [1.165, 1.54) is 0 Å². The lowest BCUT2D eigenvalue weighted by Gasteiger charge is -2.34. The quantitative estimate of drug-likeness (QED) is 0.678. The first-order valence-electron chi connectivity index (χ1n) is 7.65. The molecule has 4 N–H and O–H groups in total. The number of H-pyrrole nitrogens is 1. The van der Waals surface area contributed by atoms with E-state index in [0.717, 1.165) is 42.1 Å². The van der Waals surface area contributed by atoms with Crippen LogP contribution < -0.4 is 10.6 Å². The number of hydrogen-bond donors (Lipinski definition) is 3. The number of nitrogens with two attached hydrogens (primary N) is 1. The summed E-state index contributed by atoms with van der Waals surface area (Å²) < 4.78 is 0. The molecule has 0 radical (unpaired) electrons. The van der Waals surface area contributed by atoms with Crippen LogP contribution in [0.15, 0.2) is 23.8 Å². The summed E-state index contributed by atoms with van der Waals surface area (Å²) in [7, 11) is 0. The number of hydrogen-bond acceptors (Lipinski definition) is 7. The normalized spacial score (nSPS) is 17.7. The largest absolute Gasteiger partial charge is 0.387 e. The van der Waals surface area contributed by atoms with Crippen LogP contribution in [-0.2, 0) is 0 Å². The van der Waals surface area contributed by atoms with Gasteiger partial charge in [0.05, 0.1) is 12.4 Å². The van der Waals surface area contributed by atoms with Gasteiger partial charge in [-0.2, -0.15) is 9.97 Å². The Hall–Kier alpha value is -2.19. The van der Waals surface area contributed by atoms with Crippen molar-refractivity contribution in [2.24, 2.45) is 5.92 Å². The molecule has 4 heterocycles. The molecule has 1 fully saturated rings. The lowest BCUT2D eigenvalue weighted by Crippen LogP contribution is -2.36. The molecule has 0 saturated carbocycles. The predicted octanol–water partition coefficient (Wildman–Crippen LogP) is 1.95. The fourth-order valence-electron chi connectivity index (χ4n) is 3.18. The van der Waals surface area contributed by atoms with Gasteiger partial charge in [-0.1, -0.05) is 6.07 Å². The van der Waals surface area contributed by atoms with E-state index in [-0.39, 0.29) is 18.0 Å². The molecular weight excluding hydrogens is 312 g/mol. The highest BCUT2D eigenvalue weighted by atomic mass is 32.1. The number of aromatic nitrogens is 4. The second kappa shape index (κ2) is 5.78. The molecule has 1 aliphatic heterocycles. The highest BCUT2D eigenvalue weighted by Gasteiger charge is 2.28. The number of nitrogens with one attached hydrogen (secondary N) is 1. The van der Waals surface area contributed by atoms with Crippen molar-refractivity contribution in [3.63, 3.8) is 0 Å². The van der Waals surface area contributed by atoms with Gasteiger partial charge in [0, 0.05) is 18.0 Å². The van der Waals surface area contributed by atoms with Gasteiger partial charge in [-0.3, -0.25) is 0 Å². The van der Waals surface area contributed by atoms with Crippen LogP contribution in [0.2, 0.25) is 0 Å². The number of piperidine rings is 1. The number of aliphatic hydroxyl groups excluding tert-OH is 1. The monoisotopic (exact) mass is 330 g/mol. The van der Waals surface area contributed by atoms with E-state index in [4.69, 9.17) is 5.73 Å². The predicted molar refractivity (Wildman–Crippen MR) is 90.3 cm³/mol. The molecule has 0 aromatic carbocycles. The van der Waals surface area contributed by atoms with Crippen LogP contribution in [0, 0.1) is 5.92 Å². The van der Waals surface area contributed by atoms with Crippen LogP contribution in [0.4, 0.5) is 11.8 Å². The van der Waals surface area contributed by atoms with Crippen LogP contribution in [0.1, 0.15) is 23.8 Å². The van der Waals surface area contributed by atoms with Gasteiger partial charge in [0.15, 0.2) is 11.5 Å². The number of rotatable bonds is 3. The van der Waals surface area contributed by atoms with Gasteiger partial charge in [-0.25, -0.2) is 4.98 Å². The fraction of sp³-hybridized carbons (Fsp3) is 0.400. The molecule has 120 valence electrons. The van der Waals surface area contributed by atoms with Crippen LogP contribution in [0.5, 0.6) is 0 Å². The van der Waals surface area contributed by atoms with Crippen molar-refractivity contribution in [1.29, 1.82) is 0 Å². The average Bonchev–Trinajstić information content (AvgIpc) is 3.25. The maximum absolute atomic E-state index is 10.5. The molecule has 1 atom stereocenters. The highest BCUT2D eigenvalue weighted by molar-refractivity contribution is 7.10. The molecule has 0 aliphatic carbocycles. The highest BCUT2D eigenvalue weighted by Crippen LogP contribution is 2.34. The zero-order valence-electron chi connectivity index (χ0n) is 12.5. The number of anilines is 2. The topological polar surface area (TPSA) is 104 Å². The summed E-state index contributed by atoms with van der Waals surface area (Å²) in [5, 5.41) is 12.5. The van der Waals surface area contributed by atoms with E-state index < -0.39 is 0 Å². The zero-order valence-corrected chi connectivity index (χ0v) is 13.3. The summed E-state index contributed by atoms with van der Waals surface area (Å²) in [4.78, 5) is 19.0. The van der Waals surface area contributed by atoms with Crippen molar-refractivity contribution in [2.75, 3.05) is 23.7 Å². The van der Waals surface area contributed by atoms with Gasteiger partial charge in [0.2, 0.25) is 5.95 Å².